The van der Waals surface area contributed by atoms with E-state index in [0.717, 1.165) is 28.3 Å². The molecule has 39 heavy (non-hydrogen) atoms. The van der Waals surface area contributed by atoms with Crippen LogP contribution in [0.15, 0.2) is 77.7 Å². The Balaban J connectivity index is 1.25. The summed E-state index contributed by atoms with van der Waals surface area (Å²) in [6.45, 7) is 0.0356. The van der Waals surface area contributed by atoms with Gasteiger partial charge in [-0.05, 0) is 47.6 Å². The molecule has 0 spiro atoms. The number of carbonyl (C=O) groups is 2. The Hall–Kier alpha value is -4.29. The highest BCUT2D eigenvalue weighted by Gasteiger charge is 2.29. The Morgan fingerprint density at radius 2 is 1.62 bits per heavy atom. The van der Waals surface area contributed by atoms with Crippen molar-refractivity contribution in [3.05, 3.63) is 94.0 Å². The molecule has 204 valence electrons. The van der Waals surface area contributed by atoms with Crippen molar-refractivity contribution in [2.45, 2.75) is 36.1 Å². The summed E-state index contributed by atoms with van der Waals surface area (Å²) in [5.41, 5.74) is 3.88. The maximum atomic E-state index is 12.5. The zero-order valence-electron chi connectivity index (χ0n) is 20.8. The van der Waals surface area contributed by atoms with E-state index >= 15 is 0 Å². The molecule has 0 unspecified atom stereocenters. The van der Waals surface area contributed by atoms with Gasteiger partial charge in [-0.1, -0.05) is 54.6 Å². The number of fused-ring (bicyclic) bond motifs is 3. The minimum atomic E-state index is -3.97. The van der Waals surface area contributed by atoms with Gasteiger partial charge in [-0.25, -0.2) is 22.7 Å². The van der Waals surface area contributed by atoms with Crippen LogP contribution in [0.5, 0.6) is 0 Å². The topological polar surface area (TPSA) is 165 Å². The highest BCUT2D eigenvalue weighted by atomic mass is 32.2. The zero-order valence-corrected chi connectivity index (χ0v) is 21.6. The Morgan fingerprint density at radius 1 is 0.974 bits per heavy atom. The number of hydrogen-bond donors (Lipinski definition) is 3. The number of unbranched alkanes of at least 4 members (excludes halogenated alkanes) is 1. The number of amides is 1. The Bertz CT molecular complexity index is 1450. The second kappa shape index (κ2) is 12.0. The van der Waals surface area contributed by atoms with Gasteiger partial charge < -0.3 is 15.2 Å². The summed E-state index contributed by atoms with van der Waals surface area (Å²) in [7, 11) is -3.97. The molecule has 1 atom stereocenters. The largest absolute Gasteiger partial charge is 0.480 e. The molecule has 1 aliphatic rings. The van der Waals surface area contributed by atoms with Gasteiger partial charge in [-0.2, -0.15) is 0 Å². The number of nitrogens with one attached hydrogen (secondary N) is 2. The summed E-state index contributed by atoms with van der Waals surface area (Å²) in [5.74, 6) is -1.40. The highest BCUT2D eigenvalue weighted by Crippen LogP contribution is 2.44. The molecule has 0 radical (unpaired) electrons. The van der Waals surface area contributed by atoms with Crippen LogP contribution in [-0.2, 0) is 19.6 Å². The summed E-state index contributed by atoms with van der Waals surface area (Å²) in [6, 6.07) is 19.2. The van der Waals surface area contributed by atoms with Crippen LogP contribution in [-0.4, -0.2) is 49.7 Å². The third kappa shape index (κ3) is 6.59. The van der Waals surface area contributed by atoms with Crippen LogP contribution >= 0.6 is 0 Å². The fourth-order valence-electron chi connectivity index (χ4n) is 4.57. The van der Waals surface area contributed by atoms with Crippen molar-refractivity contribution in [3.63, 3.8) is 0 Å². The van der Waals surface area contributed by atoms with Gasteiger partial charge in [-0.3, -0.25) is 10.1 Å². The predicted molar refractivity (Wildman–Crippen MR) is 142 cm³/mol. The van der Waals surface area contributed by atoms with Crippen LogP contribution in [0.2, 0.25) is 0 Å². The third-order valence-electron chi connectivity index (χ3n) is 6.48. The first-order valence-electron chi connectivity index (χ1n) is 12.3. The van der Waals surface area contributed by atoms with E-state index in [1.54, 1.807) is 0 Å². The average Bonchev–Trinajstić information content (AvgIpc) is 3.24. The summed E-state index contributed by atoms with van der Waals surface area (Å²) in [6.07, 6.45) is -0.226. The molecule has 11 nitrogen and oxygen atoms in total. The molecular formula is C27H27N3O8S. The van der Waals surface area contributed by atoms with Crippen molar-refractivity contribution >= 4 is 27.8 Å². The van der Waals surface area contributed by atoms with E-state index in [2.05, 4.69) is 10.0 Å². The number of nitro benzene ring substituents is 1. The second-order valence-electron chi connectivity index (χ2n) is 9.01. The Labute approximate surface area is 225 Å². The number of non-ortho nitro benzene ring substituents is 1. The van der Waals surface area contributed by atoms with Crippen molar-refractivity contribution in [1.29, 1.82) is 0 Å². The average molecular weight is 554 g/mol. The van der Waals surface area contributed by atoms with Crippen LogP contribution < -0.4 is 10.0 Å². The number of hydrogen-bond acceptors (Lipinski definition) is 7. The molecule has 12 heteroatoms. The number of alkyl carbamates (subject to hydrolysis) is 1. The van der Waals surface area contributed by atoms with Crippen molar-refractivity contribution < 1.29 is 32.8 Å². The van der Waals surface area contributed by atoms with Gasteiger partial charge in [0.25, 0.3) is 5.69 Å². The lowest BCUT2D eigenvalue weighted by Crippen LogP contribution is -2.41. The van der Waals surface area contributed by atoms with Crippen molar-refractivity contribution in [2.75, 3.05) is 13.2 Å². The van der Waals surface area contributed by atoms with E-state index in [-0.39, 0.29) is 48.9 Å². The van der Waals surface area contributed by atoms with E-state index in [1.165, 1.54) is 18.2 Å². The SMILES string of the molecule is O=C(N[C@@H](CCCCNS(=O)(=O)c1cccc([N+](=O)[O-])c1)C(=O)O)OCC1c2ccccc2-c2ccccc21. The minimum absolute atomic E-state index is 0.0116. The number of sulfonamides is 1. The number of carboxylic acid groups (broad SMARTS) is 1. The summed E-state index contributed by atoms with van der Waals surface area (Å²) >= 11 is 0. The van der Waals surface area contributed by atoms with Crippen molar-refractivity contribution in [3.8, 4) is 11.1 Å². The van der Waals surface area contributed by atoms with Crippen molar-refractivity contribution in [2.24, 2.45) is 0 Å². The summed E-state index contributed by atoms with van der Waals surface area (Å²) < 4.78 is 32.5. The van der Waals surface area contributed by atoms with Gasteiger partial charge in [0.05, 0.1) is 9.82 Å². The number of carbonyl (C=O) groups excluding carboxylic acids is 1. The lowest BCUT2D eigenvalue weighted by atomic mass is 9.98. The minimum Gasteiger partial charge on any atom is -0.480 e. The number of nitro groups is 1. The monoisotopic (exact) mass is 553 g/mol. The smallest absolute Gasteiger partial charge is 0.407 e. The maximum Gasteiger partial charge on any atom is 0.407 e. The molecule has 0 heterocycles. The standard InChI is InChI=1S/C27H27N3O8S/c31-26(32)25(14-5-6-15-28-39(36,37)19-9-7-8-18(16-19)30(34)35)29-27(33)38-17-24-22-12-3-1-10-20(22)21-11-2-4-13-23(21)24/h1-4,7-13,16,24-25,28H,5-6,14-15,17H2,(H,29,33)(H,31,32)/t25-/m0/s1. The summed E-state index contributed by atoms with van der Waals surface area (Å²) in [4.78, 5) is 34.1. The normalized spacial score (nSPS) is 13.2. The fraction of sp³-hybridized carbons (Fsp3) is 0.259. The van der Waals surface area contributed by atoms with E-state index in [0.29, 0.717) is 0 Å². The van der Waals surface area contributed by atoms with Crippen LogP contribution in [0.1, 0.15) is 36.3 Å². The van der Waals surface area contributed by atoms with E-state index in [4.69, 9.17) is 4.74 Å². The molecule has 0 aromatic heterocycles. The number of aliphatic carboxylic acids is 1. The first-order chi connectivity index (χ1) is 18.7. The van der Waals surface area contributed by atoms with E-state index < -0.39 is 33.1 Å². The first kappa shape index (κ1) is 27.7. The molecular weight excluding hydrogens is 526 g/mol. The van der Waals surface area contributed by atoms with Crippen molar-refractivity contribution in [1.82, 2.24) is 10.0 Å². The molecule has 1 aliphatic carbocycles. The van der Waals surface area contributed by atoms with Gasteiger partial charge in [0.15, 0.2) is 0 Å². The van der Waals surface area contributed by atoms with Gasteiger partial charge in [0, 0.05) is 24.6 Å². The molecule has 1 amide bonds. The molecule has 0 saturated heterocycles. The number of carboxylic acids is 1. The van der Waals surface area contributed by atoms with E-state index in [1.807, 2.05) is 48.5 Å². The first-order valence-corrected chi connectivity index (χ1v) is 13.7. The van der Waals surface area contributed by atoms with Crippen LogP contribution in [0, 0.1) is 10.1 Å². The summed E-state index contributed by atoms with van der Waals surface area (Å²) in [5, 5.41) is 22.8. The van der Waals surface area contributed by atoms with Crippen LogP contribution in [0.25, 0.3) is 11.1 Å². The number of rotatable bonds is 12. The van der Waals surface area contributed by atoms with Crippen LogP contribution in [0.4, 0.5) is 10.5 Å². The molecule has 0 saturated carbocycles. The zero-order chi connectivity index (χ0) is 28.0. The number of benzene rings is 3. The molecule has 4 rings (SSSR count). The molecule has 0 fully saturated rings. The van der Waals surface area contributed by atoms with E-state index in [9.17, 15) is 33.2 Å². The second-order valence-corrected chi connectivity index (χ2v) is 10.8. The lowest BCUT2D eigenvalue weighted by molar-refractivity contribution is -0.385. The van der Waals surface area contributed by atoms with Gasteiger partial charge >= 0.3 is 12.1 Å². The molecule has 0 aliphatic heterocycles. The molecule has 0 bridgehead atoms. The fourth-order valence-corrected chi connectivity index (χ4v) is 5.68. The van der Waals surface area contributed by atoms with Crippen LogP contribution in [0.3, 0.4) is 0 Å². The van der Waals surface area contributed by atoms with Gasteiger partial charge in [0.1, 0.15) is 12.6 Å². The molecule has 3 N–H and O–H groups in total. The third-order valence-corrected chi connectivity index (χ3v) is 7.94. The highest BCUT2D eigenvalue weighted by molar-refractivity contribution is 7.89. The lowest BCUT2D eigenvalue weighted by Gasteiger charge is -2.17. The van der Waals surface area contributed by atoms with Gasteiger partial charge in [0.2, 0.25) is 10.0 Å². The van der Waals surface area contributed by atoms with Gasteiger partial charge in [-0.15, -0.1) is 0 Å². The Kier molecular flexibility index (Phi) is 8.57. The maximum absolute atomic E-state index is 12.5. The molecule has 3 aromatic carbocycles. The Morgan fingerprint density at radius 3 is 2.23 bits per heavy atom. The molecule has 3 aromatic rings. The number of ether oxygens (including phenoxy) is 1. The quantitative estimate of drug-likeness (QED) is 0.172. The number of nitrogens with zero attached hydrogens (tertiary/aromatic N) is 1. The predicted octanol–water partition coefficient (Wildman–Crippen LogP) is 4.04.